The minimum atomic E-state index is -2.68. The van der Waals surface area contributed by atoms with Gasteiger partial charge < -0.3 is 15.0 Å². The highest BCUT2D eigenvalue weighted by atomic mass is 19.3. The van der Waals surface area contributed by atoms with Crippen LogP contribution in [0.5, 0.6) is 0 Å². The standard InChI is InChI=1S/C16H22F2N2O3/c17-16(18)4-10(5-16)15(22)20-7-11-3-12(13(8-20)23-11)14(21)19-6-9-1-2-9/h9-13H,1-8H2,(H,19,21). The lowest BCUT2D eigenvalue weighted by molar-refractivity contribution is -0.167. The smallest absolute Gasteiger partial charge is 0.249 e. The van der Waals surface area contributed by atoms with Crippen molar-refractivity contribution in [1.29, 1.82) is 0 Å². The van der Waals surface area contributed by atoms with Gasteiger partial charge in [-0.25, -0.2) is 8.78 Å². The van der Waals surface area contributed by atoms with Crippen LogP contribution >= 0.6 is 0 Å². The van der Waals surface area contributed by atoms with Crippen LogP contribution in [0.1, 0.15) is 32.1 Å². The Kier molecular flexibility index (Phi) is 3.59. The number of carbonyl (C=O) groups is 2. The highest BCUT2D eigenvalue weighted by molar-refractivity contribution is 5.82. The highest BCUT2D eigenvalue weighted by Crippen LogP contribution is 2.44. The number of ether oxygens (including phenoxy) is 1. The maximum absolute atomic E-state index is 13.0. The second kappa shape index (κ2) is 5.40. The number of carbonyl (C=O) groups excluding carboxylic acids is 2. The summed E-state index contributed by atoms with van der Waals surface area (Å²) in [6, 6.07) is 0. The Morgan fingerprint density at radius 2 is 1.96 bits per heavy atom. The minimum absolute atomic E-state index is 0.00822. The molecule has 2 aliphatic heterocycles. The van der Waals surface area contributed by atoms with Crippen LogP contribution in [0.3, 0.4) is 0 Å². The summed E-state index contributed by atoms with van der Waals surface area (Å²) in [6.07, 6.45) is 1.86. The van der Waals surface area contributed by atoms with Gasteiger partial charge >= 0.3 is 0 Å². The van der Waals surface area contributed by atoms with Crippen molar-refractivity contribution in [3.05, 3.63) is 0 Å². The largest absolute Gasteiger partial charge is 0.370 e. The molecule has 0 aromatic rings. The van der Waals surface area contributed by atoms with E-state index >= 15 is 0 Å². The van der Waals surface area contributed by atoms with E-state index in [4.69, 9.17) is 4.74 Å². The number of alkyl halides is 2. The summed E-state index contributed by atoms with van der Waals surface area (Å²) in [5.41, 5.74) is 0. The van der Waals surface area contributed by atoms with Crippen molar-refractivity contribution in [3.63, 3.8) is 0 Å². The molecule has 4 rings (SSSR count). The summed E-state index contributed by atoms with van der Waals surface area (Å²) >= 11 is 0. The van der Waals surface area contributed by atoms with Crippen molar-refractivity contribution in [2.45, 2.75) is 50.2 Å². The van der Waals surface area contributed by atoms with Crippen LogP contribution in [0.2, 0.25) is 0 Å². The quantitative estimate of drug-likeness (QED) is 0.843. The topological polar surface area (TPSA) is 58.6 Å². The summed E-state index contributed by atoms with van der Waals surface area (Å²) in [7, 11) is 0. The molecule has 2 saturated heterocycles. The van der Waals surface area contributed by atoms with Gasteiger partial charge in [0.25, 0.3) is 0 Å². The molecule has 0 radical (unpaired) electrons. The second-order valence-electron chi connectivity index (χ2n) is 7.53. The minimum Gasteiger partial charge on any atom is -0.370 e. The van der Waals surface area contributed by atoms with Gasteiger partial charge in [0.1, 0.15) is 0 Å². The monoisotopic (exact) mass is 328 g/mol. The Hall–Kier alpha value is -1.24. The number of halogens is 2. The molecule has 2 heterocycles. The Morgan fingerprint density at radius 1 is 1.22 bits per heavy atom. The fourth-order valence-electron chi connectivity index (χ4n) is 3.91. The summed E-state index contributed by atoms with van der Waals surface area (Å²) in [6.45, 7) is 1.50. The number of morpholine rings is 1. The first-order valence-electron chi connectivity index (χ1n) is 8.51. The molecule has 2 saturated carbocycles. The van der Waals surface area contributed by atoms with E-state index in [0.29, 0.717) is 25.4 Å². The summed E-state index contributed by atoms with van der Waals surface area (Å²) in [5.74, 6) is -3.04. The van der Waals surface area contributed by atoms with Gasteiger partial charge in [-0.05, 0) is 25.2 Å². The Morgan fingerprint density at radius 3 is 2.61 bits per heavy atom. The molecule has 3 atom stereocenters. The van der Waals surface area contributed by atoms with Gasteiger partial charge in [0.05, 0.1) is 18.1 Å². The van der Waals surface area contributed by atoms with Crippen molar-refractivity contribution in [1.82, 2.24) is 10.2 Å². The van der Waals surface area contributed by atoms with Gasteiger partial charge in [-0.2, -0.15) is 0 Å². The Labute approximate surface area is 133 Å². The van der Waals surface area contributed by atoms with Gasteiger partial charge in [-0.15, -0.1) is 0 Å². The molecule has 2 aliphatic carbocycles. The van der Waals surface area contributed by atoms with Gasteiger partial charge in [-0.3, -0.25) is 9.59 Å². The molecule has 5 nitrogen and oxygen atoms in total. The summed E-state index contributed by atoms with van der Waals surface area (Å²) in [4.78, 5) is 26.2. The first-order chi connectivity index (χ1) is 10.9. The number of fused-ring (bicyclic) bond motifs is 2. The van der Waals surface area contributed by atoms with Gasteiger partial charge in [-0.1, -0.05) is 0 Å². The molecular weight excluding hydrogens is 306 g/mol. The van der Waals surface area contributed by atoms with Crippen LogP contribution in [0.25, 0.3) is 0 Å². The van der Waals surface area contributed by atoms with Crippen LogP contribution in [0.4, 0.5) is 8.78 Å². The third kappa shape index (κ3) is 3.07. The molecule has 4 aliphatic rings. The lowest BCUT2D eigenvalue weighted by Gasteiger charge is -2.40. The molecule has 4 fully saturated rings. The van der Waals surface area contributed by atoms with Crippen LogP contribution in [-0.2, 0) is 14.3 Å². The molecule has 0 aromatic heterocycles. The van der Waals surface area contributed by atoms with Crippen molar-refractivity contribution < 1.29 is 23.1 Å². The van der Waals surface area contributed by atoms with Crippen LogP contribution in [0, 0.1) is 17.8 Å². The molecule has 7 heteroatoms. The predicted molar refractivity (Wildman–Crippen MR) is 76.8 cm³/mol. The Bertz CT molecular complexity index is 515. The second-order valence-corrected chi connectivity index (χ2v) is 7.53. The zero-order valence-corrected chi connectivity index (χ0v) is 13.0. The molecule has 128 valence electrons. The van der Waals surface area contributed by atoms with Gasteiger partial charge in [0, 0.05) is 38.4 Å². The fourth-order valence-corrected chi connectivity index (χ4v) is 3.91. The number of hydrogen-bond acceptors (Lipinski definition) is 3. The van der Waals surface area contributed by atoms with Crippen LogP contribution < -0.4 is 5.32 Å². The number of rotatable bonds is 4. The molecule has 0 aromatic carbocycles. The molecule has 2 bridgehead atoms. The fraction of sp³-hybridized carbons (Fsp3) is 0.875. The SMILES string of the molecule is O=C(NCC1CC1)C1CC2CN(C(=O)C3CC(F)(F)C3)CC1O2. The first kappa shape index (κ1) is 15.3. The molecule has 3 unspecified atom stereocenters. The predicted octanol–water partition coefficient (Wildman–Crippen LogP) is 1.17. The van der Waals surface area contributed by atoms with Gasteiger partial charge in [0.15, 0.2) is 0 Å². The van der Waals surface area contributed by atoms with E-state index in [-0.39, 0.29) is 42.8 Å². The number of hydrogen-bond donors (Lipinski definition) is 1. The molecule has 2 amide bonds. The zero-order valence-electron chi connectivity index (χ0n) is 13.0. The first-order valence-corrected chi connectivity index (χ1v) is 8.51. The van der Waals surface area contributed by atoms with E-state index in [9.17, 15) is 18.4 Å². The van der Waals surface area contributed by atoms with E-state index < -0.39 is 11.8 Å². The molecular formula is C16H22F2N2O3. The Balaban J connectivity index is 1.32. The summed E-state index contributed by atoms with van der Waals surface area (Å²) < 4.78 is 31.7. The van der Waals surface area contributed by atoms with Crippen molar-refractivity contribution in [3.8, 4) is 0 Å². The van der Waals surface area contributed by atoms with Crippen molar-refractivity contribution in [2.75, 3.05) is 19.6 Å². The summed E-state index contributed by atoms with van der Waals surface area (Å²) in [5, 5.41) is 2.98. The third-order valence-electron chi connectivity index (χ3n) is 5.51. The number of nitrogens with zero attached hydrogens (tertiary/aromatic N) is 1. The van der Waals surface area contributed by atoms with E-state index in [2.05, 4.69) is 5.32 Å². The maximum Gasteiger partial charge on any atom is 0.249 e. The molecule has 1 N–H and O–H groups in total. The number of likely N-dealkylation sites (tertiary alicyclic amines) is 1. The van der Waals surface area contributed by atoms with Crippen LogP contribution in [0.15, 0.2) is 0 Å². The van der Waals surface area contributed by atoms with E-state index in [0.717, 1.165) is 6.54 Å². The molecule has 23 heavy (non-hydrogen) atoms. The lowest BCUT2D eigenvalue weighted by Crippen LogP contribution is -2.53. The van der Waals surface area contributed by atoms with E-state index in [1.54, 1.807) is 4.90 Å². The maximum atomic E-state index is 13.0. The van der Waals surface area contributed by atoms with Gasteiger partial charge in [0.2, 0.25) is 17.7 Å². The normalized spacial score (nSPS) is 35.7. The highest BCUT2D eigenvalue weighted by Gasteiger charge is 2.52. The molecule has 0 spiro atoms. The number of nitrogens with one attached hydrogen (secondary N) is 1. The van der Waals surface area contributed by atoms with Crippen molar-refractivity contribution in [2.24, 2.45) is 17.8 Å². The average molecular weight is 328 g/mol. The van der Waals surface area contributed by atoms with Crippen molar-refractivity contribution >= 4 is 11.8 Å². The van der Waals surface area contributed by atoms with Crippen LogP contribution in [-0.4, -0.2) is 54.5 Å². The zero-order chi connectivity index (χ0) is 16.2. The number of amides is 2. The third-order valence-corrected chi connectivity index (χ3v) is 5.51. The van der Waals surface area contributed by atoms with E-state index in [1.807, 2.05) is 0 Å². The average Bonchev–Trinajstić information content (AvgIpc) is 3.26. The lowest BCUT2D eigenvalue weighted by atomic mass is 9.80. The van der Waals surface area contributed by atoms with E-state index in [1.165, 1.54) is 12.8 Å².